The molecule has 1 aliphatic rings. The van der Waals surface area contributed by atoms with Crippen molar-refractivity contribution < 1.29 is 14.5 Å². The van der Waals surface area contributed by atoms with Gasteiger partial charge < -0.3 is 16.0 Å². The Kier molecular flexibility index (Phi) is 5.56. The summed E-state index contributed by atoms with van der Waals surface area (Å²) in [5, 5.41) is 19.3. The first-order chi connectivity index (χ1) is 15.3. The second-order valence-electron chi connectivity index (χ2n) is 6.91. The molecule has 0 aliphatic carbocycles. The number of hydrogen-bond donors (Lipinski definition) is 4. The molecule has 1 atom stereocenters. The number of nitro benzene ring substituents is 1. The van der Waals surface area contributed by atoms with Gasteiger partial charge in [0.1, 0.15) is 5.82 Å². The van der Waals surface area contributed by atoms with Crippen LogP contribution in [0.1, 0.15) is 17.9 Å². The molecule has 11 nitrogen and oxygen atoms in total. The van der Waals surface area contributed by atoms with Crippen LogP contribution in [-0.4, -0.2) is 26.7 Å². The number of nitrogens with zero attached hydrogens (tertiary/aromatic N) is 2. The first-order valence-corrected chi connectivity index (χ1v) is 9.70. The van der Waals surface area contributed by atoms with Gasteiger partial charge >= 0.3 is 0 Å². The van der Waals surface area contributed by atoms with Gasteiger partial charge in [-0.3, -0.25) is 29.5 Å². The number of benzene rings is 2. The lowest BCUT2D eigenvalue weighted by Gasteiger charge is -2.23. The van der Waals surface area contributed by atoms with Crippen LogP contribution in [-0.2, 0) is 9.59 Å². The zero-order valence-electron chi connectivity index (χ0n) is 16.2. The maximum Gasteiger partial charge on any atom is 0.269 e. The number of amides is 2. The summed E-state index contributed by atoms with van der Waals surface area (Å²) in [5.41, 5.74) is 0.193. The summed E-state index contributed by atoms with van der Waals surface area (Å²) in [4.78, 5) is 54.8. The van der Waals surface area contributed by atoms with E-state index < -0.39 is 28.2 Å². The minimum atomic E-state index is -1.09. The Balaban J connectivity index is 1.59. The van der Waals surface area contributed by atoms with Crippen molar-refractivity contribution in [3.8, 4) is 0 Å². The molecule has 0 spiro atoms. The molecule has 2 heterocycles. The van der Waals surface area contributed by atoms with Crippen molar-refractivity contribution in [2.45, 2.75) is 12.3 Å². The van der Waals surface area contributed by atoms with Crippen molar-refractivity contribution >= 4 is 52.2 Å². The van der Waals surface area contributed by atoms with E-state index in [1.807, 2.05) is 0 Å². The van der Waals surface area contributed by atoms with E-state index in [1.165, 1.54) is 24.3 Å². The highest BCUT2D eigenvalue weighted by atomic mass is 35.5. The second-order valence-corrected chi connectivity index (χ2v) is 7.34. The van der Waals surface area contributed by atoms with Crippen LogP contribution in [0.15, 0.2) is 53.3 Å². The average Bonchev–Trinajstić information content (AvgIpc) is 2.75. The highest BCUT2D eigenvalue weighted by Gasteiger charge is 2.34. The molecule has 4 rings (SSSR count). The van der Waals surface area contributed by atoms with Crippen LogP contribution >= 0.6 is 11.6 Å². The first-order valence-electron chi connectivity index (χ1n) is 9.32. The van der Waals surface area contributed by atoms with Gasteiger partial charge in [0.2, 0.25) is 17.8 Å². The fraction of sp³-hybridized carbons (Fsp3) is 0.100. The maximum absolute atomic E-state index is 12.8. The largest absolute Gasteiger partial charge is 0.326 e. The fourth-order valence-corrected chi connectivity index (χ4v) is 3.35. The highest BCUT2D eigenvalue weighted by Crippen LogP contribution is 2.30. The van der Waals surface area contributed by atoms with E-state index in [-0.39, 0.29) is 29.4 Å². The summed E-state index contributed by atoms with van der Waals surface area (Å²) in [5.74, 6) is -2.12. The maximum atomic E-state index is 12.8. The Bertz CT molecular complexity index is 1270. The Morgan fingerprint density at radius 3 is 2.41 bits per heavy atom. The summed E-state index contributed by atoms with van der Waals surface area (Å²) in [6.45, 7) is 0. The molecule has 32 heavy (non-hydrogen) atoms. The van der Waals surface area contributed by atoms with Crippen molar-refractivity contribution in [1.82, 2.24) is 9.97 Å². The molecule has 1 unspecified atom stereocenters. The molecule has 0 bridgehead atoms. The number of non-ortho nitro benzene ring substituents is 1. The van der Waals surface area contributed by atoms with E-state index in [1.54, 1.807) is 24.3 Å². The quantitative estimate of drug-likeness (QED) is 0.340. The normalized spacial score (nSPS) is 14.8. The number of carbonyl (C=O) groups excluding carboxylic acids is 2. The summed E-state index contributed by atoms with van der Waals surface area (Å²) in [6.07, 6.45) is -0.249. The van der Waals surface area contributed by atoms with Gasteiger partial charge in [-0.25, -0.2) is 0 Å². The first kappa shape index (κ1) is 21.0. The summed E-state index contributed by atoms with van der Waals surface area (Å²) in [6, 6.07) is 11.9. The van der Waals surface area contributed by atoms with E-state index in [2.05, 4.69) is 25.9 Å². The number of nitro groups is 1. The van der Waals surface area contributed by atoms with Crippen molar-refractivity contribution in [3.05, 3.63) is 79.6 Å². The van der Waals surface area contributed by atoms with Crippen molar-refractivity contribution in [1.29, 1.82) is 0 Å². The number of carbonyl (C=O) groups is 2. The predicted octanol–water partition coefficient (Wildman–Crippen LogP) is 3.14. The number of aromatic nitrogens is 2. The van der Waals surface area contributed by atoms with Gasteiger partial charge in [-0.2, -0.15) is 4.98 Å². The van der Waals surface area contributed by atoms with E-state index in [0.717, 1.165) is 0 Å². The van der Waals surface area contributed by atoms with Crippen molar-refractivity contribution in [3.63, 3.8) is 0 Å². The van der Waals surface area contributed by atoms with Crippen LogP contribution in [0, 0.1) is 10.1 Å². The Morgan fingerprint density at radius 1 is 1.09 bits per heavy atom. The van der Waals surface area contributed by atoms with E-state index in [4.69, 9.17) is 11.6 Å². The number of anilines is 4. The number of halogens is 1. The lowest BCUT2D eigenvalue weighted by molar-refractivity contribution is -0.384. The lowest BCUT2D eigenvalue weighted by atomic mass is 9.92. The number of hydrogen-bond acceptors (Lipinski definition) is 7. The zero-order valence-corrected chi connectivity index (χ0v) is 17.0. The van der Waals surface area contributed by atoms with Gasteiger partial charge in [0.25, 0.3) is 11.2 Å². The highest BCUT2D eigenvalue weighted by molar-refractivity contribution is 6.30. The van der Waals surface area contributed by atoms with E-state index in [0.29, 0.717) is 16.4 Å². The minimum absolute atomic E-state index is 0.0191. The van der Waals surface area contributed by atoms with E-state index in [9.17, 15) is 24.5 Å². The number of aromatic amines is 1. The molecule has 1 aromatic heterocycles. The van der Waals surface area contributed by atoms with Gasteiger partial charge in [-0.05, 0) is 36.4 Å². The van der Waals surface area contributed by atoms with Crippen LogP contribution in [0.3, 0.4) is 0 Å². The predicted molar refractivity (Wildman–Crippen MR) is 117 cm³/mol. The Hall–Kier alpha value is -4.25. The smallest absolute Gasteiger partial charge is 0.269 e. The number of fused-ring (bicyclic) bond motifs is 1. The monoisotopic (exact) mass is 454 g/mol. The molecule has 3 aromatic rings. The molecule has 162 valence electrons. The van der Waals surface area contributed by atoms with Crippen LogP contribution in [0.2, 0.25) is 5.02 Å². The van der Waals surface area contributed by atoms with Crippen molar-refractivity contribution in [2.75, 3.05) is 16.0 Å². The second kappa shape index (κ2) is 8.47. The van der Waals surface area contributed by atoms with Gasteiger partial charge in [0.05, 0.1) is 16.4 Å². The summed E-state index contributed by atoms with van der Waals surface area (Å²) >= 11 is 5.86. The van der Waals surface area contributed by atoms with Crippen LogP contribution in [0.4, 0.5) is 28.8 Å². The van der Waals surface area contributed by atoms with Crippen LogP contribution in [0.25, 0.3) is 0 Å². The summed E-state index contributed by atoms with van der Waals surface area (Å²) < 4.78 is 0. The Morgan fingerprint density at radius 2 is 1.75 bits per heavy atom. The van der Waals surface area contributed by atoms with Crippen molar-refractivity contribution in [2.24, 2.45) is 0 Å². The molecule has 12 heteroatoms. The van der Waals surface area contributed by atoms with Gasteiger partial charge in [0, 0.05) is 35.0 Å². The molecule has 1 aliphatic heterocycles. The SMILES string of the molecule is O=C1CC(C(=O)Nc2ccc([N+](=O)[O-])cc2)c2c(nc(Nc3ccc(Cl)cc3)[nH]c2=O)N1. The van der Waals surface area contributed by atoms with Crippen LogP contribution in [0.5, 0.6) is 0 Å². The zero-order chi connectivity index (χ0) is 22.8. The molecule has 0 fully saturated rings. The molecular weight excluding hydrogens is 440 g/mol. The molecule has 2 amide bonds. The molecule has 0 saturated heterocycles. The Labute approximate surface area is 185 Å². The topological polar surface area (TPSA) is 159 Å². The fourth-order valence-electron chi connectivity index (χ4n) is 3.22. The average molecular weight is 455 g/mol. The van der Waals surface area contributed by atoms with E-state index >= 15 is 0 Å². The number of nitrogens with one attached hydrogen (secondary N) is 4. The molecule has 0 radical (unpaired) electrons. The lowest BCUT2D eigenvalue weighted by Crippen LogP contribution is -2.36. The molecule has 2 aromatic carbocycles. The minimum Gasteiger partial charge on any atom is -0.326 e. The van der Waals surface area contributed by atoms with Gasteiger partial charge in [0.15, 0.2) is 0 Å². The summed E-state index contributed by atoms with van der Waals surface area (Å²) in [7, 11) is 0. The number of H-pyrrole nitrogens is 1. The molecule has 4 N–H and O–H groups in total. The van der Waals surface area contributed by atoms with Gasteiger partial charge in [-0.1, -0.05) is 11.6 Å². The third-order valence-electron chi connectivity index (χ3n) is 4.72. The number of rotatable bonds is 5. The molecule has 0 saturated carbocycles. The van der Waals surface area contributed by atoms with Gasteiger partial charge in [-0.15, -0.1) is 0 Å². The third kappa shape index (κ3) is 4.42. The molecular formula is C20H15ClN6O5. The standard InChI is InChI=1S/C20H15ClN6O5/c21-10-1-3-12(4-2-10)23-20-25-17-16(19(30)26-20)14(9-15(28)24-17)18(29)22-11-5-7-13(8-6-11)27(31)32/h1-8,14H,9H2,(H,22,29)(H3,23,24,25,26,28,30). The third-order valence-corrected chi connectivity index (χ3v) is 4.97. The van der Waals surface area contributed by atoms with Crippen LogP contribution < -0.4 is 21.5 Å².